The van der Waals surface area contributed by atoms with Gasteiger partial charge in [0.2, 0.25) is 0 Å². The number of hydrogen-bond donors (Lipinski definition) is 2. The van der Waals surface area contributed by atoms with Gasteiger partial charge in [-0.05, 0) is 61.6 Å². The minimum atomic E-state index is 0.223. The lowest BCUT2D eigenvalue weighted by Gasteiger charge is -2.29. The van der Waals surface area contributed by atoms with Crippen molar-refractivity contribution in [3.63, 3.8) is 0 Å². The van der Waals surface area contributed by atoms with Gasteiger partial charge < -0.3 is 10.4 Å². The van der Waals surface area contributed by atoms with Crippen LogP contribution in [0.1, 0.15) is 48.7 Å². The van der Waals surface area contributed by atoms with Crippen LogP contribution in [0.5, 0.6) is 5.75 Å². The maximum atomic E-state index is 9.60. The molecule has 0 amide bonds. The number of rotatable bonds is 3. The third-order valence-corrected chi connectivity index (χ3v) is 4.02. The Kier molecular flexibility index (Phi) is 3.70. The van der Waals surface area contributed by atoms with Crippen molar-refractivity contribution >= 4 is 0 Å². The van der Waals surface area contributed by atoms with Crippen LogP contribution < -0.4 is 5.32 Å². The lowest BCUT2D eigenvalue weighted by atomic mass is 9.87. The van der Waals surface area contributed by atoms with Crippen molar-refractivity contribution in [2.45, 2.75) is 38.3 Å². The van der Waals surface area contributed by atoms with E-state index in [1.54, 1.807) is 6.07 Å². The molecular weight excluding hydrogens is 248 g/mol. The second-order valence-electron chi connectivity index (χ2n) is 5.47. The summed E-state index contributed by atoms with van der Waals surface area (Å²) in [6, 6.07) is 12.3. The van der Waals surface area contributed by atoms with Gasteiger partial charge in [0, 0.05) is 18.3 Å². The van der Waals surface area contributed by atoms with Crippen molar-refractivity contribution in [1.82, 2.24) is 10.3 Å². The molecular formula is C17H20N2O. The molecule has 1 aliphatic rings. The van der Waals surface area contributed by atoms with Crippen LogP contribution in [-0.4, -0.2) is 10.1 Å². The minimum Gasteiger partial charge on any atom is -0.508 e. The molecule has 0 bridgehead atoms. The predicted octanol–water partition coefficient (Wildman–Crippen LogP) is 3.52. The van der Waals surface area contributed by atoms with Gasteiger partial charge >= 0.3 is 0 Å². The number of benzene rings is 1. The molecule has 0 radical (unpaired) electrons. The van der Waals surface area contributed by atoms with Crippen LogP contribution in [0.4, 0.5) is 0 Å². The van der Waals surface area contributed by atoms with E-state index in [1.165, 1.54) is 11.1 Å². The first kappa shape index (κ1) is 13.1. The van der Waals surface area contributed by atoms with E-state index in [0.29, 0.717) is 11.8 Å². The summed E-state index contributed by atoms with van der Waals surface area (Å²) >= 11 is 0. The average molecular weight is 268 g/mol. The fraction of sp³-hybridized carbons (Fsp3) is 0.353. The van der Waals surface area contributed by atoms with Crippen LogP contribution in [0.15, 0.2) is 42.6 Å². The van der Waals surface area contributed by atoms with E-state index in [0.717, 1.165) is 25.0 Å². The van der Waals surface area contributed by atoms with Crippen LogP contribution >= 0.6 is 0 Å². The van der Waals surface area contributed by atoms with E-state index in [1.807, 2.05) is 30.5 Å². The molecule has 1 aromatic carbocycles. The highest BCUT2D eigenvalue weighted by molar-refractivity contribution is 5.38. The maximum absolute atomic E-state index is 9.60. The smallest absolute Gasteiger partial charge is 0.115 e. The van der Waals surface area contributed by atoms with Crippen LogP contribution in [0.2, 0.25) is 0 Å². The highest BCUT2D eigenvalue weighted by Crippen LogP contribution is 2.33. The number of pyridine rings is 1. The average Bonchev–Trinajstić information content (AvgIpc) is 2.48. The summed E-state index contributed by atoms with van der Waals surface area (Å²) < 4.78 is 0. The molecule has 0 spiro atoms. The van der Waals surface area contributed by atoms with Gasteiger partial charge in [-0.3, -0.25) is 4.98 Å². The predicted molar refractivity (Wildman–Crippen MR) is 79.6 cm³/mol. The molecule has 104 valence electrons. The molecule has 1 unspecified atom stereocenters. The van der Waals surface area contributed by atoms with Crippen molar-refractivity contribution in [3.05, 3.63) is 59.4 Å². The van der Waals surface area contributed by atoms with Crippen molar-refractivity contribution in [2.24, 2.45) is 0 Å². The molecule has 3 rings (SSSR count). The molecule has 3 nitrogen and oxygen atoms in total. The number of hydrogen-bond acceptors (Lipinski definition) is 3. The SMILES string of the molecule is C[C@@H](NC1CCCc2cc(O)ccc21)c1ccccn1. The van der Waals surface area contributed by atoms with E-state index in [-0.39, 0.29) is 6.04 Å². The number of fused-ring (bicyclic) bond motifs is 1. The van der Waals surface area contributed by atoms with Crippen LogP contribution in [-0.2, 0) is 6.42 Å². The fourth-order valence-electron chi connectivity index (χ4n) is 2.99. The quantitative estimate of drug-likeness (QED) is 0.895. The molecule has 2 N–H and O–H groups in total. The Hall–Kier alpha value is -1.87. The van der Waals surface area contributed by atoms with Gasteiger partial charge in [0.25, 0.3) is 0 Å². The zero-order valence-corrected chi connectivity index (χ0v) is 11.7. The van der Waals surface area contributed by atoms with E-state index in [4.69, 9.17) is 0 Å². The van der Waals surface area contributed by atoms with E-state index >= 15 is 0 Å². The Bertz CT molecular complexity index is 583. The van der Waals surface area contributed by atoms with Gasteiger partial charge in [-0.25, -0.2) is 0 Å². The Morgan fingerprint density at radius 3 is 3.00 bits per heavy atom. The molecule has 3 heteroatoms. The molecule has 1 heterocycles. The molecule has 0 fully saturated rings. The van der Waals surface area contributed by atoms with Crippen molar-refractivity contribution < 1.29 is 5.11 Å². The minimum absolute atomic E-state index is 0.223. The van der Waals surface area contributed by atoms with Crippen LogP contribution in [0, 0.1) is 0 Å². The second-order valence-corrected chi connectivity index (χ2v) is 5.47. The molecule has 1 aromatic heterocycles. The Balaban J connectivity index is 1.80. The van der Waals surface area contributed by atoms with E-state index in [9.17, 15) is 5.11 Å². The van der Waals surface area contributed by atoms with Gasteiger partial charge in [0.05, 0.1) is 5.69 Å². The Morgan fingerprint density at radius 2 is 2.20 bits per heavy atom. The number of phenolic OH excluding ortho intramolecular Hbond substituents is 1. The third kappa shape index (κ3) is 2.68. The Labute approximate surface area is 119 Å². The number of nitrogens with zero attached hydrogens (tertiary/aromatic N) is 1. The first-order chi connectivity index (χ1) is 9.74. The zero-order chi connectivity index (χ0) is 13.9. The molecule has 0 saturated carbocycles. The lowest BCUT2D eigenvalue weighted by Crippen LogP contribution is -2.28. The molecule has 0 aliphatic heterocycles. The van der Waals surface area contributed by atoms with Gasteiger partial charge in [-0.2, -0.15) is 0 Å². The fourth-order valence-corrected chi connectivity index (χ4v) is 2.99. The second kappa shape index (κ2) is 5.63. The van der Waals surface area contributed by atoms with Gasteiger partial charge in [0.15, 0.2) is 0 Å². The van der Waals surface area contributed by atoms with E-state index in [2.05, 4.69) is 23.3 Å². The number of aryl methyl sites for hydroxylation is 1. The largest absolute Gasteiger partial charge is 0.508 e. The summed E-state index contributed by atoms with van der Waals surface area (Å²) in [7, 11) is 0. The summed E-state index contributed by atoms with van der Waals surface area (Å²) in [6.07, 6.45) is 5.18. The topological polar surface area (TPSA) is 45.1 Å². The van der Waals surface area contributed by atoms with Crippen molar-refractivity contribution in [2.75, 3.05) is 0 Å². The summed E-state index contributed by atoms with van der Waals surface area (Å²) in [4.78, 5) is 4.41. The molecule has 1 aliphatic carbocycles. The molecule has 20 heavy (non-hydrogen) atoms. The highest BCUT2D eigenvalue weighted by atomic mass is 16.3. The standard InChI is InChI=1S/C17H20N2O/c1-12(16-6-2-3-10-18-16)19-17-7-4-5-13-11-14(20)8-9-15(13)17/h2-3,6,8-12,17,19-20H,4-5,7H2,1H3/t12-,17?/m1/s1. The van der Waals surface area contributed by atoms with Crippen LogP contribution in [0.25, 0.3) is 0 Å². The summed E-state index contributed by atoms with van der Waals surface area (Å²) in [5.41, 5.74) is 3.65. The normalized spacial score (nSPS) is 19.4. The number of aromatic hydroxyl groups is 1. The molecule has 2 aromatic rings. The van der Waals surface area contributed by atoms with Crippen LogP contribution in [0.3, 0.4) is 0 Å². The lowest BCUT2D eigenvalue weighted by molar-refractivity contribution is 0.408. The molecule has 0 saturated heterocycles. The number of phenols is 1. The zero-order valence-electron chi connectivity index (χ0n) is 11.7. The first-order valence-electron chi connectivity index (χ1n) is 7.23. The summed E-state index contributed by atoms with van der Waals surface area (Å²) in [5.74, 6) is 0.363. The van der Waals surface area contributed by atoms with Crippen molar-refractivity contribution in [3.8, 4) is 5.75 Å². The maximum Gasteiger partial charge on any atom is 0.115 e. The highest BCUT2D eigenvalue weighted by Gasteiger charge is 2.22. The monoisotopic (exact) mass is 268 g/mol. The number of aromatic nitrogens is 1. The molecule has 2 atom stereocenters. The first-order valence-corrected chi connectivity index (χ1v) is 7.23. The summed E-state index contributed by atoms with van der Waals surface area (Å²) in [5, 5.41) is 13.3. The van der Waals surface area contributed by atoms with Crippen molar-refractivity contribution in [1.29, 1.82) is 0 Å². The van der Waals surface area contributed by atoms with E-state index < -0.39 is 0 Å². The Morgan fingerprint density at radius 1 is 1.30 bits per heavy atom. The summed E-state index contributed by atoms with van der Waals surface area (Å²) in [6.45, 7) is 2.15. The number of nitrogens with one attached hydrogen (secondary N) is 1. The van der Waals surface area contributed by atoms with Gasteiger partial charge in [-0.1, -0.05) is 12.1 Å². The van der Waals surface area contributed by atoms with Gasteiger partial charge in [0.1, 0.15) is 5.75 Å². The third-order valence-electron chi connectivity index (χ3n) is 4.02. The van der Waals surface area contributed by atoms with Gasteiger partial charge in [-0.15, -0.1) is 0 Å².